The van der Waals surface area contributed by atoms with Gasteiger partial charge in [0.25, 0.3) is 0 Å². The standard InChI is InChI=1S/2C8H19O3PS2/c1-4-10-12(9,11-5-2)14-8-7-13-6-3;1-4-9-12(13,10-5-2)11-7-8-14-6-3/h2*4-8H2,1-3H3. The minimum Gasteiger partial charge on any atom is -0.309 e. The summed E-state index contributed by atoms with van der Waals surface area (Å²) in [5.74, 6) is 4.93. The number of hydrogen-bond acceptors (Lipinski definition) is 10. The van der Waals surface area contributed by atoms with Crippen molar-refractivity contribution in [3.05, 3.63) is 0 Å². The average molecular weight is 517 g/mol. The third-order valence-electron chi connectivity index (χ3n) is 2.51. The van der Waals surface area contributed by atoms with Crippen molar-refractivity contribution in [2.45, 2.75) is 41.5 Å². The molecule has 0 bridgehead atoms. The summed E-state index contributed by atoms with van der Waals surface area (Å²) in [6.07, 6.45) is 0. The molecule has 0 amide bonds. The Labute approximate surface area is 190 Å². The van der Waals surface area contributed by atoms with Crippen LogP contribution in [-0.4, -0.2) is 61.8 Å². The van der Waals surface area contributed by atoms with Gasteiger partial charge < -0.3 is 22.6 Å². The molecule has 28 heavy (non-hydrogen) atoms. The van der Waals surface area contributed by atoms with E-state index in [2.05, 4.69) is 13.8 Å². The highest BCUT2D eigenvalue weighted by molar-refractivity contribution is 8.55. The second kappa shape index (κ2) is 21.9. The van der Waals surface area contributed by atoms with E-state index in [0.717, 1.165) is 28.8 Å². The largest absolute Gasteiger partial charge is 0.389 e. The molecule has 0 N–H and O–H groups in total. The van der Waals surface area contributed by atoms with E-state index in [9.17, 15) is 4.57 Å². The molecule has 0 fully saturated rings. The molecule has 172 valence electrons. The molecule has 0 unspecified atom stereocenters. The summed E-state index contributed by atoms with van der Waals surface area (Å²) in [6.45, 7) is 8.93. The Kier molecular flexibility index (Phi) is 25.0. The molecule has 0 aromatic rings. The van der Waals surface area contributed by atoms with Gasteiger partial charge in [0.05, 0.1) is 33.0 Å². The van der Waals surface area contributed by atoms with Crippen LogP contribution in [0.25, 0.3) is 0 Å². The van der Waals surface area contributed by atoms with Crippen LogP contribution in [0.2, 0.25) is 0 Å². The van der Waals surface area contributed by atoms with Gasteiger partial charge in [-0.15, -0.1) is 0 Å². The van der Waals surface area contributed by atoms with E-state index in [0.29, 0.717) is 33.0 Å². The van der Waals surface area contributed by atoms with E-state index in [1.165, 1.54) is 11.4 Å². The van der Waals surface area contributed by atoms with Gasteiger partial charge in [-0.1, -0.05) is 13.8 Å². The summed E-state index contributed by atoms with van der Waals surface area (Å²) in [4.78, 5) is 0. The third-order valence-corrected chi connectivity index (χ3v) is 11.1. The molecule has 0 saturated heterocycles. The Morgan fingerprint density at radius 1 is 0.679 bits per heavy atom. The van der Waals surface area contributed by atoms with Crippen LogP contribution in [0.15, 0.2) is 0 Å². The maximum atomic E-state index is 11.9. The van der Waals surface area contributed by atoms with Crippen molar-refractivity contribution in [2.75, 3.05) is 61.8 Å². The van der Waals surface area contributed by atoms with Gasteiger partial charge in [-0.25, -0.2) is 4.57 Å². The highest BCUT2D eigenvalue weighted by Crippen LogP contribution is 2.60. The van der Waals surface area contributed by atoms with Crippen LogP contribution in [0.3, 0.4) is 0 Å². The van der Waals surface area contributed by atoms with Crippen LogP contribution in [0.1, 0.15) is 41.5 Å². The van der Waals surface area contributed by atoms with Crippen LogP contribution in [0.5, 0.6) is 0 Å². The van der Waals surface area contributed by atoms with Gasteiger partial charge in [-0.2, -0.15) is 23.5 Å². The second-order valence-corrected chi connectivity index (χ2v) is 14.6. The molecule has 0 saturated carbocycles. The third kappa shape index (κ3) is 19.7. The fourth-order valence-electron chi connectivity index (χ4n) is 1.56. The van der Waals surface area contributed by atoms with E-state index >= 15 is 0 Å². The normalized spacial score (nSPS) is 11.9. The molecule has 0 rings (SSSR count). The zero-order valence-electron chi connectivity index (χ0n) is 18.0. The first-order valence-electron chi connectivity index (χ1n) is 9.59. The van der Waals surface area contributed by atoms with Gasteiger partial charge in [0, 0.05) is 17.3 Å². The molecule has 0 heterocycles. The molecule has 0 aromatic carbocycles. The topological polar surface area (TPSA) is 63.2 Å². The predicted octanol–water partition coefficient (Wildman–Crippen LogP) is 6.71. The minimum atomic E-state index is -2.86. The van der Waals surface area contributed by atoms with Gasteiger partial charge in [0.2, 0.25) is 0 Å². The zero-order valence-corrected chi connectivity index (χ0v) is 23.1. The van der Waals surface area contributed by atoms with Gasteiger partial charge in [-0.05, 0) is 62.4 Å². The van der Waals surface area contributed by atoms with Crippen LogP contribution in [0, 0.1) is 0 Å². The van der Waals surface area contributed by atoms with Crippen molar-refractivity contribution >= 4 is 60.2 Å². The monoisotopic (exact) mass is 516 g/mol. The molecule has 0 aliphatic rings. The first-order chi connectivity index (χ1) is 13.4. The Morgan fingerprint density at radius 2 is 1.14 bits per heavy atom. The molecule has 6 nitrogen and oxygen atoms in total. The van der Waals surface area contributed by atoms with E-state index in [-0.39, 0.29) is 0 Å². The minimum absolute atomic E-state index is 0.436. The molecular formula is C16H38O6P2S4. The molecule has 0 radical (unpaired) electrons. The van der Waals surface area contributed by atoms with E-state index < -0.39 is 13.5 Å². The number of thioether (sulfide) groups is 2. The Morgan fingerprint density at radius 3 is 1.57 bits per heavy atom. The molecule has 0 aliphatic heterocycles. The zero-order chi connectivity index (χ0) is 21.7. The van der Waals surface area contributed by atoms with Crippen LogP contribution in [-0.2, 0) is 39.0 Å². The number of rotatable bonds is 18. The van der Waals surface area contributed by atoms with Gasteiger partial charge in [0.15, 0.2) is 0 Å². The Hall–Kier alpha value is 1.73. The SMILES string of the molecule is CCOP(=O)(OCC)SCCSCC.CCOP(=S)(OCC)OCCSCC. The Balaban J connectivity index is 0. The van der Waals surface area contributed by atoms with E-state index in [1.807, 2.05) is 51.2 Å². The van der Waals surface area contributed by atoms with Crippen LogP contribution < -0.4 is 0 Å². The van der Waals surface area contributed by atoms with Crippen LogP contribution in [0.4, 0.5) is 0 Å². The smallest absolute Gasteiger partial charge is 0.309 e. The van der Waals surface area contributed by atoms with E-state index in [1.54, 1.807) is 0 Å². The lowest BCUT2D eigenvalue weighted by atomic mass is 10.9. The fourth-order valence-corrected chi connectivity index (χ4v) is 8.76. The van der Waals surface area contributed by atoms with Crippen molar-refractivity contribution < 1.29 is 27.2 Å². The molecule has 0 spiro atoms. The van der Waals surface area contributed by atoms with E-state index in [4.69, 9.17) is 34.4 Å². The molecule has 0 aliphatic carbocycles. The summed E-state index contributed by atoms with van der Waals surface area (Å²) >= 11 is 10.1. The average Bonchev–Trinajstić information content (AvgIpc) is 2.64. The summed E-state index contributed by atoms with van der Waals surface area (Å²) in [7, 11) is 0. The molecular weight excluding hydrogens is 478 g/mol. The Bertz CT molecular complexity index is 374. The van der Waals surface area contributed by atoms with Crippen molar-refractivity contribution in [1.82, 2.24) is 0 Å². The fraction of sp³-hybridized carbons (Fsp3) is 1.00. The maximum absolute atomic E-state index is 11.9. The molecule has 12 heteroatoms. The summed E-state index contributed by atoms with van der Waals surface area (Å²) in [6, 6.07) is 0. The number of hydrogen-bond donors (Lipinski definition) is 0. The summed E-state index contributed by atoms with van der Waals surface area (Å²) in [5.41, 5.74) is 0. The summed E-state index contributed by atoms with van der Waals surface area (Å²) < 4.78 is 38.3. The van der Waals surface area contributed by atoms with Crippen LogP contribution >= 0.6 is 48.4 Å². The first kappa shape index (κ1) is 31.9. The van der Waals surface area contributed by atoms with Gasteiger partial charge in [-0.3, -0.25) is 0 Å². The second-order valence-electron chi connectivity index (χ2n) is 4.63. The highest BCUT2D eigenvalue weighted by atomic mass is 32.7. The molecule has 0 atom stereocenters. The van der Waals surface area contributed by atoms with Crippen molar-refractivity contribution in [3.63, 3.8) is 0 Å². The van der Waals surface area contributed by atoms with Crippen molar-refractivity contribution in [1.29, 1.82) is 0 Å². The maximum Gasteiger partial charge on any atom is 0.389 e. The lowest BCUT2D eigenvalue weighted by Crippen LogP contribution is -2.02. The van der Waals surface area contributed by atoms with Crippen molar-refractivity contribution in [3.8, 4) is 0 Å². The first-order valence-corrected chi connectivity index (χ1v) is 17.6. The predicted molar refractivity (Wildman–Crippen MR) is 133 cm³/mol. The van der Waals surface area contributed by atoms with Gasteiger partial charge >= 0.3 is 13.5 Å². The quantitative estimate of drug-likeness (QED) is 0.145. The van der Waals surface area contributed by atoms with Gasteiger partial charge in [0.1, 0.15) is 0 Å². The lowest BCUT2D eigenvalue weighted by Gasteiger charge is -2.20. The van der Waals surface area contributed by atoms with Crippen molar-refractivity contribution in [2.24, 2.45) is 0 Å². The summed E-state index contributed by atoms with van der Waals surface area (Å²) in [5, 5.41) is 0. The highest BCUT2D eigenvalue weighted by Gasteiger charge is 2.23. The molecule has 0 aromatic heterocycles. The lowest BCUT2D eigenvalue weighted by molar-refractivity contribution is 0.174.